The predicted octanol–water partition coefficient (Wildman–Crippen LogP) is 4.00. The maximum absolute atomic E-state index is 5.87. The Labute approximate surface area is 108 Å². The van der Waals surface area contributed by atoms with Crippen LogP contribution in [-0.2, 0) is 17.2 Å². The highest BCUT2D eigenvalue weighted by molar-refractivity contribution is 6.16. The summed E-state index contributed by atoms with van der Waals surface area (Å²) in [5.41, 5.74) is 0.877. The fraction of sp³-hybridized carbons (Fsp3) is 0.769. The summed E-state index contributed by atoms with van der Waals surface area (Å²) in [6, 6.07) is 0. The van der Waals surface area contributed by atoms with E-state index in [1.54, 1.807) is 0 Å². The van der Waals surface area contributed by atoms with E-state index >= 15 is 0 Å². The number of rotatable bonds is 5. The predicted molar refractivity (Wildman–Crippen MR) is 67.2 cm³/mol. The van der Waals surface area contributed by atoms with Crippen molar-refractivity contribution >= 4 is 11.6 Å². The van der Waals surface area contributed by atoms with Crippen molar-refractivity contribution < 1.29 is 9.15 Å². The van der Waals surface area contributed by atoms with Crippen molar-refractivity contribution in [1.82, 2.24) is 4.98 Å². The Kier molecular flexibility index (Phi) is 4.86. The summed E-state index contributed by atoms with van der Waals surface area (Å²) in [6.07, 6.45) is 6.28. The number of alkyl halides is 1. The molecule has 0 radical (unpaired) electrons. The van der Waals surface area contributed by atoms with Crippen molar-refractivity contribution in [2.75, 3.05) is 6.61 Å². The zero-order chi connectivity index (χ0) is 12.1. The quantitative estimate of drug-likeness (QED) is 0.748. The second-order valence-corrected chi connectivity index (χ2v) is 4.79. The molecule has 0 N–H and O–H groups in total. The molecular formula is C13H20ClNO2. The minimum absolute atomic E-state index is 0.377. The molecular weight excluding hydrogens is 238 g/mol. The molecule has 0 bridgehead atoms. The highest BCUT2D eigenvalue weighted by Crippen LogP contribution is 2.33. The zero-order valence-electron chi connectivity index (χ0n) is 10.4. The second kappa shape index (κ2) is 6.41. The van der Waals surface area contributed by atoms with E-state index in [1.165, 1.54) is 32.1 Å². The topological polar surface area (TPSA) is 35.3 Å². The second-order valence-electron chi connectivity index (χ2n) is 4.53. The Morgan fingerprint density at radius 1 is 1.35 bits per heavy atom. The van der Waals surface area contributed by atoms with Crippen LogP contribution in [0.25, 0.3) is 0 Å². The van der Waals surface area contributed by atoms with E-state index in [1.807, 2.05) is 6.92 Å². The third-order valence-electron chi connectivity index (χ3n) is 3.31. The van der Waals surface area contributed by atoms with Gasteiger partial charge in [0.1, 0.15) is 11.5 Å². The molecule has 0 saturated heterocycles. The lowest BCUT2D eigenvalue weighted by Gasteiger charge is -2.17. The van der Waals surface area contributed by atoms with Gasteiger partial charge < -0.3 is 9.15 Å². The molecule has 1 aliphatic carbocycles. The number of oxazole rings is 1. The fourth-order valence-corrected chi connectivity index (χ4v) is 2.55. The van der Waals surface area contributed by atoms with Gasteiger partial charge in [-0.2, -0.15) is 0 Å². The van der Waals surface area contributed by atoms with E-state index in [0.29, 0.717) is 25.0 Å². The van der Waals surface area contributed by atoms with Crippen molar-refractivity contribution in [2.45, 2.75) is 57.4 Å². The van der Waals surface area contributed by atoms with Crippen molar-refractivity contribution in [2.24, 2.45) is 0 Å². The van der Waals surface area contributed by atoms with E-state index in [-0.39, 0.29) is 0 Å². The molecule has 17 heavy (non-hydrogen) atoms. The molecule has 1 heterocycles. The zero-order valence-corrected chi connectivity index (χ0v) is 11.1. The SMILES string of the molecule is CCOCc1nc(C2CCCCC2)oc1CCl. The van der Waals surface area contributed by atoms with Crippen LogP contribution in [-0.4, -0.2) is 11.6 Å². The summed E-state index contributed by atoms with van der Waals surface area (Å²) < 4.78 is 11.2. The molecule has 2 rings (SSSR count). The first-order valence-electron chi connectivity index (χ1n) is 6.47. The molecule has 1 fully saturated rings. The largest absolute Gasteiger partial charge is 0.444 e. The van der Waals surface area contributed by atoms with Crippen LogP contribution in [0.5, 0.6) is 0 Å². The van der Waals surface area contributed by atoms with Crippen LogP contribution in [0.15, 0.2) is 4.42 Å². The molecule has 0 aromatic carbocycles. The molecule has 3 nitrogen and oxygen atoms in total. The summed E-state index contributed by atoms with van der Waals surface area (Å²) in [5, 5.41) is 0. The minimum Gasteiger partial charge on any atom is -0.444 e. The van der Waals surface area contributed by atoms with E-state index < -0.39 is 0 Å². The van der Waals surface area contributed by atoms with Crippen molar-refractivity contribution in [3.63, 3.8) is 0 Å². The lowest BCUT2D eigenvalue weighted by molar-refractivity contribution is 0.130. The number of hydrogen-bond acceptors (Lipinski definition) is 3. The minimum atomic E-state index is 0.377. The van der Waals surface area contributed by atoms with Gasteiger partial charge in [-0.1, -0.05) is 19.3 Å². The van der Waals surface area contributed by atoms with Crippen LogP contribution in [0.1, 0.15) is 62.3 Å². The molecule has 0 amide bonds. The van der Waals surface area contributed by atoms with Gasteiger partial charge in [-0.3, -0.25) is 0 Å². The first-order valence-corrected chi connectivity index (χ1v) is 7.00. The smallest absolute Gasteiger partial charge is 0.197 e. The number of hydrogen-bond donors (Lipinski definition) is 0. The summed E-state index contributed by atoms with van der Waals surface area (Å²) in [5.74, 6) is 2.51. The lowest BCUT2D eigenvalue weighted by Crippen LogP contribution is -2.05. The van der Waals surface area contributed by atoms with Crippen LogP contribution >= 0.6 is 11.6 Å². The Hall–Kier alpha value is -0.540. The summed E-state index contributed by atoms with van der Waals surface area (Å²) >= 11 is 5.87. The van der Waals surface area contributed by atoms with Gasteiger partial charge in [0.15, 0.2) is 5.89 Å². The van der Waals surface area contributed by atoms with Gasteiger partial charge in [0, 0.05) is 12.5 Å². The van der Waals surface area contributed by atoms with Gasteiger partial charge in [0.25, 0.3) is 0 Å². The fourth-order valence-electron chi connectivity index (χ4n) is 2.34. The Balaban J connectivity index is 2.08. The molecule has 0 spiro atoms. The molecule has 1 aromatic rings. The summed E-state index contributed by atoms with van der Waals surface area (Å²) in [6.45, 7) is 3.17. The van der Waals surface area contributed by atoms with E-state index in [9.17, 15) is 0 Å². The molecule has 1 aromatic heterocycles. The Morgan fingerprint density at radius 3 is 2.76 bits per heavy atom. The first-order chi connectivity index (χ1) is 8.35. The molecule has 0 aliphatic heterocycles. The standard InChI is InChI=1S/C13H20ClNO2/c1-2-16-9-11-12(8-14)17-13(15-11)10-6-4-3-5-7-10/h10H,2-9H2,1H3. The van der Waals surface area contributed by atoms with Crippen LogP contribution in [0.4, 0.5) is 0 Å². The third-order valence-corrected chi connectivity index (χ3v) is 3.56. The Bertz CT molecular complexity index is 345. The van der Waals surface area contributed by atoms with Crippen molar-refractivity contribution in [1.29, 1.82) is 0 Å². The van der Waals surface area contributed by atoms with E-state index in [4.69, 9.17) is 20.8 Å². The highest BCUT2D eigenvalue weighted by atomic mass is 35.5. The van der Waals surface area contributed by atoms with Crippen LogP contribution < -0.4 is 0 Å². The van der Waals surface area contributed by atoms with Gasteiger partial charge in [-0.05, 0) is 19.8 Å². The first kappa shape index (κ1) is 12.9. The van der Waals surface area contributed by atoms with Gasteiger partial charge in [-0.25, -0.2) is 4.98 Å². The Morgan fingerprint density at radius 2 is 2.12 bits per heavy atom. The summed E-state index contributed by atoms with van der Waals surface area (Å²) in [7, 11) is 0. The average molecular weight is 258 g/mol. The maximum Gasteiger partial charge on any atom is 0.197 e. The normalized spacial score (nSPS) is 17.5. The third kappa shape index (κ3) is 3.23. The monoisotopic (exact) mass is 257 g/mol. The lowest BCUT2D eigenvalue weighted by atomic mass is 9.89. The summed E-state index contributed by atoms with van der Waals surface area (Å²) in [4.78, 5) is 4.57. The highest BCUT2D eigenvalue weighted by Gasteiger charge is 2.22. The average Bonchev–Trinajstić information content (AvgIpc) is 2.80. The molecule has 0 unspecified atom stereocenters. The van der Waals surface area contributed by atoms with Crippen molar-refractivity contribution in [3.05, 3.63) is 17.3 Å². The van der Waals surface area contributed by atoms with Crippen LogP contribution in [0.2, 0.25) is 0 Å². The molecule has 4 heteroatoms. The number of nitrogens with zero attached hydrogens (tertiary/aromatic N) is 1. The van der Waals surface area contributed by atoms with Crippen LogP contribution in [0.3, 0.4) is 0 Å². The van der Waals surface area contributed by atoms with Crippen LogP contribution in [0, 0.1) is 0 Å². The number of ether oxygens (including phenoxy) is 1. The van der Waals surface area contributed by atoms with E-state index in [0.717, 1.165) is 17.3 Å². The molecule has 1 aliphatic rings. The van der Waals surface area contributed by atoms with E-state index in [2.05, 4.69) is 4.98 Å². The number of halogens is 1. The van der Waals surface area contributed by atoms with Crippen molar-refractivity contribution in [3.8, 4) is 0 Å². The van der Waals surface area contributed by atoms with Gasteiger partial charge in [0.05, 0.1) is 12.5 Å². The molecule has 0 atom stereocenters. The van der Waals surface area contributed by atoms with Gasteiger partial charge >= 0.3 is 0 Å². The maximum atomic E-state index is 5.87. The molecule has 1 saturated carbocycles. The number of aromatic nitrogens is 1. The molecule has 96 valence electrons. The van der Waals surface area contributed by atoms with Gasteiger partial charge in [-0.15, -0.1) is 11.6 Å². The van der Waals surface area contributed by atoms with Gasteiger partial charge in [0.2, 0.25) is 0 Å².